The van der Waals surface area contributed by atoms with Gasteiger partial charge < -0.3 is 0 Å². The zero-order valence-electron chi connectivity index (χ0n) is 14.5. The number of hydrogen-bond donors (Lipinski definition) is 1. The Bertz CT molecular complexity index is 1330. The molecule has 0 unspecified atom stereocenters. The van der Waals surface area contributed by atoms with Crippen LogP contribution in [0.15, 0.2) is 87.1 Å². The standard InChI is InChI=1S/C19H15BrN4O3S/c20-15-6-4-8-17(12-15)28(26,27)22-16-7-3-5-14(11-16)13-24-19(25)23-10-2-1-9-18(23)21-24/h1-12,22H,13H2. The molecule has 2 aromatic heterocycles. The number of aromatic nitrogens is 3. The highest BCUT2D eigenvalue weighted by Gasteiger charge is 2.15. The van der Waals surface area contributed by atoms with E-state index >= 15 is 0 Å². The van der Waals surface area contributed by atoms with Crippen LogP contribution in [-0.4, -0.2) is 22.6 Å². The first kappa shape index (κ1) is 18.5. The van der Waals surface area contributed by atoms with Crippen LogP contribution in [0.5, 0.6) is 0 Å². The van der Waals surface area contributed by atoms with E-state index in [1.54, 1.807) is 48.7 Å². The summed E-state index contributed by atoms with van der Waals surface area (Å²) in [6, 6.07) is 18.7. The van der Waals surface area contributed by atoms with Crippen LogP contribution in [0.4, 0.5) is 5.69 Å². The van der Waals surface area contributed by atoms with E-state index in [0.717, 1.165) is 5.56 Å². The van der Waals surface area contributed by atoms with Gasteiger partial charge in [-0.1, -0.05) is 40.2 Å². The summed E-state index contributed by atoms with van der Waals surface area (Å²) in [4.78, 5) is 12.6. The summed E-state index contributed by atoms with van der Waals surface area (Å²) in [6.07, 6.45) is 1.66. The third-order valence-corrected chi connectivity index (χ3v) is 5.98. The third kappa shape index (κ3) is 3.71. The van der Waals surface area contributed by atoms with Crippen LogP contribution >= 0.6 is 15.9 Å². The molecule has 0 spiro atoms. The molecule has 7 nitrogen and oxygen atoms in total. The summed E-state index contributed by atoms with van der Waals surface area (Å²) < 4.78 is 31.2. The molecule has 0 amide bonds. The zero-order valence-corrected chi connectivity index (χ0v) is 16.9. The monoisotopic (exact) mass is 458 g/mol. The van der Waals surface area contributed by atoms with Crippen molar-refractivity contribution in [2.75, 3.05) is 4.72 Å². The molecule has 0 bridgehead atoms. The van der Waals surface area contributed by atoms with Gasteiger partial charge in [0.2, 0.25) is 0 Å². The smallest absolute Gasteiger partial charge is 0.280 e. The van der Waals surface area contributed by atoms with E-state index < -0.39 is 10.0 Å². The molecular weight excluding hydrogens is 444 g/mol. The number of anilines is 1. The van der Waals surface area contributed by atoms with Gasteiger partial charge in [0.15, 0.2) is 5.65 Å². The number of benzene rings is 2. The Morgan fingerprint density at radius 2 is 1.82 bits per heavy atom. The fraction of sp³-hybridized carbons (Fsp3) is 0.0526. The van der Waals surface area contributed by atoms with E-state index in [1.807, 2.05) is 12.1 Å². The van der Waals surface area contributed by atoms with Crippen molar-refractivity contribution < 1.29 is 8.42 Å². The van der Waals surface area contributed by atoms with Crippen molar-refractivity contribution in [3.63, 3.8) is 0 Å². The van der Waals surface area contributed by atoms with E-state index in [1.165, 1.54) is 21.2 Å². The normalized spacial score (nSPS) is 11.6. The SMILES string of the molecule is O=c1n(Cc2cccc(NS(=O)(=O)c3cccc(Br)c3)c2)nc2ccccn12. The zero-order chi connectivity index (χ0) is 19.7. The first-order valence-corrected chi connectivity index (χ1v) is 10.6. The Kier molecular flexibility index (Phi) is 4.78. The van der Waals surface area contributed by atoms with Crippen molar-refractivity contribution in [2.45, 2.75) is 11.4 Å². The molecule has 0 saturated heterocycles. The Morgan fingerprint density at radius 3 is 2.61 bits per heavy atom. The molecule has 2 aromatic carbocycles. The molecule has 0 aliphatic carbocycles. The fourth-order valence-corrected chi connectivity index (χ4v) is 4.47. The van der Waals surface area contributed by atoms with Gasteiger partial charge in [-0.2, -0.15) is 0 Å². The van der Waals surface area contributed by atoms with Crippen molar-refractivity contribution in [3.8, 4) is 0 Å². The molecule has 2 heterocycles. The lowest BCUT2D eigenvalue weighted by Crippen LogP contribution is -2.21. The number of fused-ring (bicyclic) bond motifs is 1. The first-order valence-electron chi connectivity index (χ1n) is 8.34. The van der Waals surface area contributed by atoms with Crippen LogP contribution in [0.1, 0.15) is 5.56 Å². The Morgan fingerprint density at radius 1 is 1.00 bits per heavy atom. The van der Waals surface area contributed by atoms with Crippen molar-refractivity contribution in [2.24, 2.45) is 0 Å². The molecule has 0 fully saturated rings. The van der Waals surface area contributed by atoms with Crippen LogP contribution < -0.4 is 10.4 Å². The number of sulfonamides is 1. The minimum Gasteiger partial charge on any atom is -0.280 e. The number of pyridine rings is 1. The summed E-state index contributed by atoms with van der Waals surface area (Å²) >= 11 is 3.28. The molecule has 0 saturated carbocycles. The highest BCUT2D eigenvalue weighted by atomic mass is 79.9. The van der Waals surface area contributed by atoms with E-state index in [9.17, 15) is 13.2 Å². The van der Waals surface area contributed by atoms with E-state index in [-0.39, 0.29) is 17.1 Å². The number of nitrogens with zero attached hydrogens (tertiary/aromatic N) is 3. The minimum absolute atomic E-state index is 0.156. The predicted molar refractivity (Wildman–Crippen MR) is 110 cm³/mol. The highest BCUT2D eigenvalue weighted by molar-refractivity contribution is 9.10. The van der Waals surface area contributed by atoms with Crippen molar-refractivity contribution >= 4 is 37.3 Å². The summed E-state index contributed by atoms with van der Waals surface area (Å²) in [5.41, 5.74) is 1.46. The Labute approximate surface area is 169 Å². The van der Waals surface area contributed by atoms with Gasteiger partial charge in [-0.05, 0) is 48.0 Å². The van der Waals surface area contributed by atoms with Gasteiger partial charge in [0, 0.05) is 16.4 Å². The molecule has 1 N–H and O–H groups in total. The Balaban J connectivity index is 1.61. The maximum absolute atomic E-state index is 12.6. The van der Waals surface area contributed by atoms with Crippen LogP contribution in [-0.2, 0) is 16.6 Å². The maximum atomic E-state index is 12.6. The van der Waals surface area contributed by atoms with Crippen LogP contribution in [0.3, 0.4) is 0 Å². The predicted octanol–water partition coefficient (Wildman–Crippen LogP) is 3.11. The van der Waals surface area contributed by atoms with Crippen molar-refractivity contribution in [1.29, 1.82) is 0 Å². The summed E-state index contributed by atoms with van der Waals surface area (Å²) in [5, 5.41) is 4.29. The van der Waals surface area contributed by atoms with Gasteiger partial charge in [-0.25, -0.2) is 17.9 Å². The lowest BCUT2D eigenvalue weighted by molar-refractivity contribution is 0.601. The summed E-state index contributed by atoms with van der Waals surface area (Å²) in [6.45, 7) is 0.229. The summed E-state index contributed by atoms with van der Waals surface area (Å²) in [7, 11) is -3.72. The van der Waals surface area contributed by atoms with Crippen LogP contribution in [0.2, 0.25) is 0 Å². The molecule has 9 heteroatoms. The molecule has 142 valence electrons. The van der Waals surface area contributed by atoms with E-state index in [0.29, 0.717) is 15.8 Å². The average Bonchev–Trinajstić information content (AvgIpc) is 2.98. The van der Waals surface area contributed by atoms with Gasteiger partial charge in [0.25, 0.3) is 10.0 Å². The fourth-order valence-electron chi connectivity index (χ4n) is 2.83. The number of halogens is 1. The lowest BCUT2D eigenvalue weighted by atomic mass is 10.2. The topological polar surface area (TPSA) is 85.5 Å². The number of hydrogen-bond acceptors (Lipinski definition) is 4. The molecule has 4 rings (SSSR count). The average molecular weight is 459 g/mol. The van der Waals surface area contributed by atoms with E-state index in [4.69, 9.17) is 0 Å². The second kappa shape index (κ2) is 7.25. The molecule has 0 radical (unpaired) electrons. The maximum Gasteiger partial charge on any atom is 0.350 e. The van der Waals surface area contributed by atoms with Crippen molar-refractivity contribution in [1.82, 2.24) is 14.2 Å². The van der Waals surface area contributed by atoms with Crippen molar-refractivity contribution in [3.05, 3.63) is 93.4 Å². The van der Waals surface area contributed by atoms with Crippen LogP contribution in [0, 0.1) is 0 Å². The summed E-state index contributed by atoms with van der Waals surface area (Å²) in [5.74, 6) is 0. The second-order valence-corrected chi connectivity index (χ2v) is 8.73. The van der Waals surface area contributed by atoms with Gasteiger partial charge >= 0.3 is 5.69 Å². The van der Waals surface area contributed by atoms with E-state index in [2.05, 4.69) is 25.8 Å². The molecule has 0 aliphatic rings. The van der Waals surface area contributed by atoms with Gasteiger partial charge in [-0.3, -0.25) is 9.12 Å². The number of rotatable bonds is 5. The quantitative estimate of drug-likeness (QED) is 0.497. The molecule has 28 heavy (non-hydrogen) atoms. The number of nitrogens with one attached hydrogen (secondary N) is 1. The second-order valence-electron chi connectivity index (χ2n) is 6.13. The van der Waals surface area contributed by atoms with Gasteiger partial charge in [0.05, 0.1) is 11.4 Å². The highest BCUT2D eigenvalue weighted by Crippen LogP contribution is 2.20. The molecule has 0 aliphatic heterocycles. The lowest BCUT2D eigenvalue weighted by Gasteiger charge is -2.10. The molecular formula is C19H15BrN4O3S. The molecule has 4 aromatic rings. The third-order valence-electron chi connectivity index (χ3n) is 4.11. The Hall–Kier alpha value is -2.91. The van der Waals surface area contributed by atoms with Crippen LogP contribution in [0.25, 0.3) is 5.65 Å². The van der Waals surface area contributed by atoms with Gasteiger partial charge in [-0.15, -0.1) is 5.10 Å². The largest absolute Gasteiger partial charge is 0.350 e. The first-order chi connectivity index (χ1) is 13.4. The molecule has 0 atom stereocenters. The minimum atomic E-state index is -3.72. The van der Waals surface area contributed by atoms with Gasteiger partial charge in [0.1, 0.15) is 0 Å².